The number of alkyl carbamates (subject to hydrolysis) is 1. The summed E-state index contributed by atoms with van der Waals surface area (Å²) in [7, 11) is 0.451. The first-order valence-electron chi connectivity index (χ1n) is 22.3. The molecule has 0 bridgehead atoms. The van der Waals surface area contributed by atoms with E-state index in [1.165, 1.54) is 44.6 Å². The quantitative estimate of drug-likeness (QED) is 0.0846. The van der Waals surface area contributed by atoms with Gasteiger partial charge < -0.3 is 34.6 Å². The minimum atomic E-state index is -3.54. The topological polar surface area (TPSA) is 204 Å². The second-order valence-electron chi connectivity index (χ2n) is 18.2. The first kappa shape index (κ1) is 60.7. The summed E-state index contributed by atoms with van der Waals surface area (Å²) < 4.78 is 95.4. The van der Waals surface area contributed by atoms with E-state index in [0.717, 1.165) is 54.5 Å². The normalized spacial score (nSPS) is 12.4. The van der Waals surface area contributed by atoms with E-state index in [-0.39, 0.29) is 72.2 Å². The Bertz CT molecular complexity index is 3240. The number of rotatable bonds is 16. The number of carbonyl (C=O) groups is 1. The first-order valence-corrected chi connectivity index (χ1v) is 25.2. The van der Waals surface area contributed by atoms with E-state index < -0.39 is 37.6 Å². The molecule has 22 heteroatoms. The molecule has 0 aliphatic carbocycles. The lowest BCUT2D eigenvalue weighted by Crippen LogP contribution is -2.32. The van der Waals surface area contributed by atoms with Crippen LogP contribution in [0.25, 0.3) is 22.1 Å². The Hall–Kier alpha value is -5.61. The number of H-pyrrole nitrogens is 1. The largest absolute Gasteiger partial charge is 0.481 e. The van der Waals surface area contributed by atoms with E-state index in [2.05, 4.69) is 10.3 Å². The maximum Gasteiger partial charge on any atom is 0.407 e. The number of hydrogen-bond acceptors (Lipinski definition) is 10. The molecule has 0 aliphatic rings. The summed E-state index contributed by atoms with van der Waals surface area (Å²) in [5.74, 6) is -0.300. The summed E-state index contributed by atoms with van der Waals surface area (Å²) in [6.07, 6.45) is 2.93. The number of fused-ring (bicyclic) bond motifs is 2. The molecule has 6 rings (SSSR count). The Balaban J connectivity index is 0.000000379. The van der Waals surface area contributed by atoms with Crippen molar-refractivity contribution in [3.8, 4) is 5.88 Å². The lowest BCUT2D eigenvalue weighted by atomic mass is 10.0. The molecule has 0 fully saturated rings. The molecule has 6 aromatic rings. The number of carbonyl (C=O) groups excluding carboxylic acids is 1. The van der Waals surface area contributed by atoms with Crippen molar-refractivity contribution in [2.45, 2.75) is 89.8 Å². The lowest BCUT2D eigenvalue weighted by Gasteiger charge is -2.19. The first-order chi connectivity index (χ1) is 32.7. The molecular weight excluding hydrogens is 1010 g/mol. The molecule has 0 aliphatic heterocycles. The number of nitrogens with two attached hydrogens (primary N) is 1. The molecule has 0 unspecified atom stereocenters. The third-order valence-corrected chi connectivity index (χ3v) is 15.1. The molecule has 0 saturated heterocycles. The number of sulfonamides is 2. The van der Waals surface area contributed by atoms with Crippen LogP contribution in [0.3, 0.4) is 0 Å². The second kappa shape index (κ2) is 24.9. The number of nitrogens with zero attached hydrogens (tertiary/aromatic N) is 5. The van der Waals surface area contributed by atoms with Gasteiger partial charge in [-0.25, -0.2) is 44.0 Å². The van der Waals surface area contributed by atoms with Crippen molar-refractivity contribution in [3.63, 3.8) is 0 Å². The molecule has 0 spiro atoms. The van der Waals surface area contributed by atoms with Gasteiger partial charge in [-0.2, -0.15) is 0 Å². The number of ether oxygens (including phenoxy) is 2. The van der Waals surface area contributed by atoms with E-state index in [0.29, 0.717) is 35.3 Å². The van der Waals surface area contributed by atoms with Crippen LogP contribution < -0.4 is 21.3 Å². The van der Waals surface area contributed by atoms with Crippen LogP contribution in [-0.2, 0) is 50.7 Å². The van der Waals surface area contributed by atoms with E-state index in [1.54, 1.807) is 89.4 Å². The van der Waals surface area contributed by atoms with Crippen LogP contribution in [0.2, 0.25) is 0 Å². The van der Waals surface area contributed by atoms with Crippen molar-refractivity contribution in [1.29, 1.82) is 0 Å². The number of amides is 1. The Morgan fingerprint density at radius 2 is 1.22 bits per heavy atom. The molecule has 72 heavy (non-hydrogen) atoms. The van der Waals surface area contributed by atoms with Gasteiger partial charge in [-0.3, -0.25) is 4.79 Å². The Kier molecular flexibility index (Phi) is 21.0. The fourth-order valence-corrected chi connectivity index (χ4v) is 9.46. The van der Waals surface area contributed by atoms with Crippen LogP contribution in [0.4, 0.5) is 13.6 Å². The van der Waals surface area contributed by atoms with Gasteiger partial charge in [0.25, 0.3) is 5.56 Å². The highest BCUT2D eigenvalue weighted by Gasteiger charge is 2.23. The number of halogens is 4. The zero-order valence-electron chi connectivity index (χ0n) is 42.6. The van der Waals surface area contributed by atoms with Crippen molar-refractivity contribution in [1.82, 2.24) is 33.0 Å². The lowest BCUT2D eigenvalue weighted by molar-refractivity contribution is 0.0533. The van der Waals surface area contributed by atoms with Gasteiger partial charge in [-0.1, -0.05) is 24.3 Å². The zero-order valence-corrected chi connectivity index (χ0v) is 45.9. The summed E-state index contributed by atoms with van der Waals surface area (Å²) in [5.41, 5.74) is 13.9. The van der Waals surface area contributed by atoms with Crippen LogP contribution in [-0.4, -0.2) is 105 Å². The van der Waals surface area contributed by atoms with Crippen LogP contribution in [0.1, 0.15) is 65.5 Å². The van der Waals surface area contributed by atoms with E-state index >= 15 is 4.39 Å². The number of methoxy groups -OCH3 is 1. The highest BCUT2D eigenvalue weighted by atomic mass is 35.5. The molecule has 0 atom stereocenters. The zero-order chi connectivity index (χ0) is 52.0. The van der Waals surface area contributed by atoms with Crippen molar-refractivity contribution >= 4 is 73.0 Å². The Labute approximate surface area is 433 Å². The molecule has 2 aromatic carbocycles. The van der Waals surface area contributed by atoms with Gasteiger partial charge in [-0.15, -0.1) is 24.8 Å². The van der Waals surface area contributed by atoms with E-state index in [9.17, 15) is 30.8 Å². The number of nitrogens with one attached hydrogen (secondary N) is 2. The smallest absolute Gasteiger partial charge is 0.407 e. The summed E-state index contributed by atoms with van der Waals surface area (Å²) in [4.78, 5) is 32.2. The van der Waals surface area contributed by atoms with Crippen LogP contribution in [0.5, 0.6) is 5.88 Å². The molecule has 16 nitrogen and oxygen atoms in total. The Morgan fingerprint density at radius 3 is 1.69 bits per heavy atom. The molecule has 4 heterocycles. The molecule has 394 valence electrons. The Morgan fingerprint density at radius 1 is 0.764 bits per heavy atom. The van der Waals surface area contributed by atoms with Crippen LogP contribution >= 0.6 is 24.8 Å². The summed E-state index contributed by atoms with van der Waals surface area (Å²) >= 11 is 0. The van der Waals surface area contributed by atoms with Gasteiger partial charge in [0.1, 0.15) is 17.3 Å². The molecule has 4 N–H and O–H groups in total. The van der Waals surface area contributed by atoms with E-state index in [4.69, 9.17) is 20.2 Å². The van der Waals surface area contributed by atoms with Crippen LogP contribution in [0.15, 0.2) is 99.1 Å². The average Bonchev–Trinajstić information content (AvgIpc) is 3.66. The highest BCUT2D eigenvalue weighted by Crippen LogP contribution is 2.32. The summed E-state index contributed by atoms with van der Waals surface area (Å²) in [6, 6.07) is 17.0. The standard InChI is InChI=1S/C28H37FN4O5S.C22H27FN4O3S.2ClH/c1-18-15-24-25(31-26(18)37-8)23(16-20-9-11-22(12-10-20)39(35,36)32(6)7)19(2)33(24)17-21(29)13-14-30-27(34)38-28(3,4)5;1-14-11-20-21(25-22(14)28)19(15(2)27(20)13-17(23)9-10-24)12-16-5-7-18(8-6-16)31(29,30)26(3)4;;/h9-13,15H,14,16-17H2,1-8H3,(H,30,34);5-9,11H,10,12-13,24H2,1-4H3,(H,25,28);2*1H/b21-13-;17-9-;;. The predicted octanol–water partition coefficient (Wildman–Crippen LogP) is 8.32. The van der Waals surface area contributed by atoms with Crippen molar-refractivity contribution in [3.05, 3.63) is 140 Å². The third kappa shape index (κ3) is 14.3. The number of aryl methyl sites for hydroxylation is 2. The minimum Gasteiger partial charge on any atom is -0.481 e. The maximum atomic E-state index is 15.0. The molecule has 0 saturated carbocycles. The fourth-order valence-electron chi connectivity index (χ4n) is 7.66. The molecule has 0 radical (unpaired) electrons. The number of benzene rings is 2. The number of allylic oxidation sites excluding steroid dienone is 2. The van der Waals surface area contributed by atoms with E-state index in [1.807, 2.05) is 36.0 Å². The van der Waals surface area contributed by atoms with Gasteiger partial charge in [0.2, 0.25) is 25.9 Å². The van der Waals surface area contributed by atoms with Gasteiger partial charge in [0.15, 0.2) is 0 Å². The van der Waals surface area contributed by atoms with Crippen molar-refractivity contribution in [2.24, 2.45) is 5.73 Å². The van der Waals surface area contributed by atoms with Gasteiger partial charge in [-0.05, 0) is 108 Å². The predicted molar refractivity (Wildman–Crippen MR) is 284 cm³/mol. The summed E-state index contributed by atoms with van der Waals surface area (Å²) in [6.45, 7) is 12.7. The third-order valence-electron chi connectivity index (χ3n) is 11.5. The highest BCUT2D eigenvalue weighted by molar-refractivity contribution is 7.89. The van der Waals surface area contributed by atoms with Crippen molar-refractivity contribution in [2.75, 3.05) is 48.4 Å². The second-order valence-corrected chi connectivity index (χ2v) is 22.5. The number of aromatic amines is 1. The number of hydrogen-bond donors (Lipinski definition) is 3. The molecular formula is C50H66Cl2F2N8O8S2. The molecule has 4 aromatic heterocycles. The maximum absolute atomic E-state index is 15.0. The SMILES string of the molecule is COc1nc2c(Cc3ccc(S(=O)(=O)N(C)C)cc3)c(C)n(C/C(F)=C/CNC(=O)OC(C)(C)C)c2cc1C.Cc1cc2c([nH]c1=O)c(Cc1ccc(S(=O)(=O)N(C)C)cc1)c(C)n2C/C(F)=C/CN.Cl.Cl. The number of aromatic nitrogens is 4. The fraction of sp³-hybridized carbons (Fsp3) is 0.380. The monoisotopic (exact) mass is 1080 g/mol. The van der Waals surface area contributed by atoms with Crippen LogP contribution in [0, 0.1) is 27.7 Å². The van der Waals surface area contributed by atoms with Gasteiger partial charge >= 0.3 is 6.09 Å². The minimum absolute atomic E-state index is 0. The number of pyridine rings is 2. The average molecular weight is 1080 g/mol. The van der Waals surface area contributed by atoms with Gasteiger partial charge in [0, 0.05) is 87.8 Å². The van der Waals surface area contributed by atoms with Crippen molar-refractivity contribution < 1.29 is 39.9 Å². The molecule has 1 amide bonds. The van der Waals surface area contributed by atoms with Gasteiger partial charge in [0.05, 0.1) is 52.1 Å². The summed E-state index contributed by atoms with van der Waals surface area (Å²) in [5, 5.41) is 2.53.